The van der Waals surface area contributed by atoms with Crippen LogP contribution in [-0.2, 0) is 19.7 Å². The van der Waals surface area contributed by atoms with Gasteiger partial charge in [-0.15, -0.1) is 0 Å². The molecule has 9 heteroatoms. The predicted molar refractivity (Wildman–Crippen MR) is 75.9 cm³/mol. The summed E-state index contributed by atoms with van der Waals surface area (Å²) in [7, 11) is -4.12. The summed E-state index contributed by atoms with van der Waals surface area (Å²) in [5.74, 6) is -0.508. The molecule has 1 atom stereocenters. The summed E-state index contributed by atoms with van der Waals surface area (Å²) in [6.45, 7) is 2.01. The number of non-ortho nitro benzene ring substituents is 1. The summed E-state index contributed by atoms with van der Waals surface area (Å²) in [4.78, 5) is 27.4. The lowest BCUT2D eigenvalue weighted by Crippen LogP contribution is -2.53. The number of hydrogen-bond acceptors (Lipinski definition) is 6. The van der Waals surface area contributed by atoms with Crippen molar-refractivity contribution in [2.45, 2.75) is 31.1 Å². The van der Waals surface area contributed by atoms with Crippen molar-refractivity contribution in [1.29, 1.82) is 0 Å². The van der Waals surface area contributed by atoms with Gasteiger partial charge in [0, 0.05) is 18.6 Å². The van der Waals surface area contributed by atoms with Crippen LogP contribution in [0.2, 0.25) is 0 Å². The molecule has 1 aliphatic rings. The highest BCUT2D eigenvalue weighted by Crippen LogP contribution is 2.33. The number of hydrogen-bond donors (Lipinski definition) is 0. The van der Waals surface area contributed by atoms with Gasteiger partial charge in [-0.25, -0.2) is 4.79 Å². The van der Waals surface area contributed by atoms with Crippen molar-refractivity contribution in [2.75, 3.05) is 13.2 Å². The molecule has 1 fully saturated rings. The van der Waals surface area contributed by atoms with E-state index in [1.165, 1.54) is 0 Å². The van der Waals surface area contributed by atoms with Gasteiger partial charge in [-0.3, -0.25) is 10.1 Å². The molecule has 1 heterocycles. The minimum atomic E-state index is -4.12. The highest BCUT2D eigenvalue weighted by Gasteiger charge is 2.55. The number of hydroxylamine groups is 2. The average Bonchev–Trinajstić information content (AvgIpc) is 2.87. The van der Waals surface area contributed by atoms with Gasteiger partial charge in [0.2, 0.25) is 0 Å². The van der Waals surface area contributed by atoms with E-state index in [4.69, 9.17) is 4.84 Å². The Morgan fingerprint density at radius 3 is 2.41 bits per heavy atom. The Labute approximate surface area is 128 Å². The monoisotopic (exact) mass is 329 g/mol. The molecule has 0 bridgehead atoms. The topological polar surface area (TPSA) is 104 Å². The summed E-state index contributed by atoms with van der Waals surface area (Å²) in [6, 6.07) is 4.47. The van der Waals surface area contributed by atoms with E-state index in [2.05, 4.69) is 0 Å². The molecule has 1 aliphatic heterocycles. The van der Waals surface area contributed by atoms with Crippen molar-refractivity contribution in [3.8, 4) is 0 Å². The largest absolute Gasteiger partial charge is 0.364 e. The first-order valence-electron chi connectivity index (χ1n) is 6.91. The number of nitro groups is 1. The second-order valence-corrected chi connectivity index (χ2v) is 6.97. The minimum Gasteiger partial charge on any atom is -0.258 e. The zero-order valence-corrected chi connectivity index (χ0v) is 12.9. The Hall–Kier alpha value is -1.84. The van der Waals surface area contributed by atoms with Crippen molar-refractivity contribution < 1.29 is 27.0 Å². The van der Waals surface area contributed by atoms with Crippen LogP contribution in [0.4, 0.5) is 5.69 Å². The number of rotatable bonds is 6. The number of sulfonamides is 1. The Bertz CT molecular complexity index is 685. The average molecular weight is 329 g/mol. The first-order valence-corrected chi connectivity index (χ1v) is 8.35. The van der Waals surface area contributed by atoms with E-state index < -0.39 is 24.9 Å². The fourth-order valence-electron chi connectivity index (χ4n) is 2.34. The minimum absolute atomic E-state index is 0.0537. The Morgan fingerprint density at radius 2 is 1.95 bits per heavy atom. The molecule has 8 nitrogen and oxygen atoms in total. The van der Waals surface area contributed by atoms with Gasteiger partial charge < -0.3 is 0 Å². The molecule has 1 unspecified atom stereocenters. The predicted octanol–water partition coefficient (Wildman–Crippen LogP) is 1.76. The Balaban J connectivity index is 2.45. The van der Waals surface area contributed by atoms with Gasteiger partial charge in [0.15, 0.2) is 0 Å². The summed E-state index contributed by atoms with van der Waals surface area (Å²) in [6.07, 6.45) is 1.13. The van der Waals surface area contributed by atoms with E-state index in [9.17, 15) is 23.3 Å². The van der Waals surface area contributed by atoms with Crippen molar-refractivity contribution in [3.63, 3.8) is 0 Å². The quantitative estimate of drug-likeness (QED) is 0.447. The first-order chi connectivity index (χ1) is 10.3. The fourth-order valence-corrected chi connectivity index (χ4v) is 4.11. The number of nitrogens with zero attached hydrogens (tertiary/aromatic N) is 2. The van der Waals surface area contributed by atoms with Crippen LogP contribution in [0.5, 0.6) is 0 Å². The molecule has 0 spiro atoms. The van der Waals surface area contributed by atoms with Crippen LogP contribution in [-0.4, -0.2) is 36.5 Å². The van der Waals surface area contributed by atoms with Crippen molar-refractivity contribution in [3.05, 3.63) is 34.4 Å². The van der Waals surface area contributed by atoms with Crippen LogP contribution >= 0.6 is 0 Å². The smallest absolute Gasteiger partial charge is 0.258 e. The molecule has 0 aromatic heterocycles. The Morgan fingerprint density at radius 1 is 1.32 bits per heavy atom. The van der Waals surface area contributed by atoms with Crippen LogP contribution in [0.1, 0.15) is 26.2 Å². The lowest BCUT2D eigenvalue weighted by molar-refractivity contribution is -0.936. The van der Waals surface area contributed by atoms with Crippen molar-refractivity contribution in [2.24, 2.45) is 0 Å². The molecule has 0 aliphatic carbocycles. The third kappa shape index (κ3) is 2.62. The maximum Gasteiger partial charge on any atom is 0.364 e. The van der Waals surface area contributed by atoms with Gasteiger partial charge in [0.1, 0.15) is 18.0 Å². The summed E-state index contributed by atoms with van der Waals surface area (Å²) in [5, 5.41) is 10.6. The van der Waals surface area contributed by atoms with E-state index in [0.717, 1.165) is 24.3 Å². The molecule has 1 aromatic rings. The van der Waals surface area contributed by atoms with Crippen LogP contribution < -0.4 is 0 Å². The highest BCUT2D eigenvalue weighted by atomic mass is 32.2. The molecular weight excluding hydrogens is 312 g/mol. The molecule has 22 heavy (non-hydrogen) atoms. The standard InChI is InChI=1S/C13H17N2O6S/c1-2-10-21-15(9-3-4-13(15)16)22(19,20)12-7-5-11(6-8-12)14(17)18/h5-8H,2-4,9-10H2,1H3/q+1. The van der Waals surface area contributed by atoms with Gasteiger partial charge in [-0.2, -0.15) is 13.3 Å². The van der Waals surface area contributed by atoms with Crippen LogP contribution in [0.3, 0.4) is 0 Å². The summed E-state index contributed by atoms with van der Waals surface area (Å²) >= 11 is 0. The molecule has 120 valence electrons. The molecule has 1 aromatic carbocycles. The number of amides is 1. The first kappa shape index (κ1) is 16.5. The lowest BCUT2D eigenvalue weighted by atomic mass is 10.3. The fraction of sp³-hybridized carbons (Fsp3) is 0.462. The second kappa shape index (κ2) is 6.11. The molecular formula is C13H17N2O6S+. The van der Waals surface area contributed by atoms with Gasteiger partial charge >= 0.3 is 15.9 Å². The third-order valence-corrected chi connectivity index (χ3v) is 5.60. The van der Waals surface area contributed by atoms with E-state index in [0.29, 0.717) is 12.8 Å². The van der Waals surface area contributed by atoms with E-state index in [1.807, 2.05) is 6.92 Å². The van der Waals surface area contributed by atoms with E-state index in [1.54, 1.807) is 0 Å². The molecule has 2 rings (SSSR count). The zero-order chi connectivity index (χ0) is 16.4. The molecule has 0 saturated carbocycles. The number of quaternary nitrogens is 1. The second-order valence-electron chi connectivity index (χ2n) is 4.95. The molecule has 1 saturated heterocycles. The lowest BCUT2D eigenvalue weighted by Gasteiger charge is -2.26. The molecule has 0 radical (unpaired) electrons. The maximum absolute atomic E-state index is 12.8. The number of nitro benzene ring substituents is 1. The third-order valence-electron chi connectivity index (χ3n) is 3.46. The number of benzene rings is 1. The number of carbonyl (C=O) groups is 1. The van der Waals surface area contributed by atoms with E-state index in [-0.39, 0.29) is 30.2 Å². The van der Waals surface area contributed by atoms with E-state index >= 15 is 0 Å². The summed E-state index contributed by atoms with van der Waals surface area (Å²) < 4.78 is 24.6. The maximum atomic E-state index is 12.8. The molecule has 1 amide bonds. The normalized spacial score (nSPS) is 22.0. The van der Waals surface area contributed by atoms with Gasteiger partial charge in [-0.05, 0) is 22.6 Å². The van der Waals surface area contributed by atoms with Crippen molar-refractivity contribution in [1.82, 2.24) is 0 Å². The number of carbonyl (C=O) groups excluding carboxylic acids is 1. The van der Waals surface area contributed by atoms with Gasteiger partial charge in [0.25, 0.3) is 5.69 Å². The van der Waals surface area contributed by atoms with Crippen LogP contribution in [0, 0.1) is 10.1 Å². The Kier molecular flexibility index (Phi) is 4.59. The van der Waals surface area contributed by atoms with Crippen LogP contribution in [0.15, 0.2) is 29.2 Å². The van der Waals surface area contributed by atoms with Gasteiger partial charge in [-0.1, -0.05) is 6.92 Å². The van der Waals surface area contributed by atoms with Crippen molar-refractivity contribution >= 4 is 21.6 Å². The summed E-state index contributed by atoms with van der Waals surface area (Å²) in [5.41, 5.74) is -0.215. The van der Waals surface area contributed by atoms with Gasteiger partial charge in [0.05, 0.1) is 11.3 Å². The SMILES string of the molecule is CCCO[N+]1(S(=O)(=O)c2ccc([N+](=O)[O-])cc2)CCCC1=O. The zero-order valence-electron chi connectivity index (χ0n) is 12.1. The highest BCUT2D eigenvalue weighted by molar-refractivity contribution is 7.86. The van der Waals surface area contributed by atoms with Crippen LogP contribution in [0.25, 0.3) is 0 Å². The molecule has 0 N–H and O–H groups in total.